The molecule has 0 radical (unpaired) electrons. The van der Waals surface area contributed by atoms with Crippen LogP contribution in [0.2, 0.25) is 0 Å². The minimum atomic E-state index is -1.14. The molecule has 0 unspecified atom stereocenters. The number of halogens is 2. The molecule has 19 heavy (non-hydrogen) atoms. The summed E-state index contributed by atoms with van der Waals surface area (Å²) in [6.45, 7) is 1.92. The SMILES string of the molecule is CCCc1c(C(=O)O)nnn1-c1cc(F)ccc1Br. The molecule has 0 aliphatic rings. The molecule has 0 saturated carbocycles. The Morgan fingerprint density at radius 2 is 2.26 bits per heavy atom. The molecule has 0 amide bonds. The lowest BCUT2D eigenvalue weighted by Crippen LogP contribution is -2.07. The number of carboxylic acids is 1. The van der Waals surface area contributed by atoms with E-state index in [4.69, 9.17) is 5.11 Å². The van der Waals surface area contributed by atoms with Crippen molar-refractivity contribution >= 4 is 21.9 Å². The molecule has 1 aromatic heterocycles. The topological polar surface area (TPSA) is 68.0 Å². The molecule has 5 nitrogen and oxygen atoms in total. The molecule has 2 rings (SSSR count). The molecule has 2 aromatic rings. The molecule has 100 valence electrons. The van der Waals surface area contributed by atoms with Crippen LogP contribution in [0, 0.1) is 5.82 Å². The van der Waals surface area contributed by atoms with E-state index in [1.54, 1.807) is 6.07 Å². The number of carbonyl (C=O) groups is 1. The first kappa shape index (κ1) is 13.7. The molecule has 0 aliphatic carbocycles. The number of hydrogen-bond donors (Lipinski definition) is 1. The Morgan fingerprint density at radius 3 is 2.89 bits per heavy atom. The van der Waals surface area contributed by atoms with Gasteiger partial charge in [-0.2, -0.15) is 0 Å². The summed E-state index contributed by atoms with van der Waals surface area (Å²) in [6, 6.07) is 4.13. The fraction of sp³-hybridized carbons (Fsp3) is 0.250. The molecule has 0 bridgehead atoms. The van der Waals surface area contributed by atoms with Gasteiger partial charge in [0, 0.05) is 10.5 Å². The van der Waals surface area contributed by atoms with Crippen LogP contribution in [0.4, 0.5) is 4.39 Å². The number of aromatic nitrogens is 3. The summed E-state index contributed by atoms with van der Waals surface area (Å²) in [6.07, 6.45) is 1.23. The zero-order valence-corrected chi connectivity index (χ0v) is 11.7. The largest absolute Gasteiger partial charge is 0.476 e. The Kier molecular flexibility index (Phi) is 3.94. The van der Waals surface area contributed by atoms with E-state index in [1.165, 1.54) is 16.8 Å². The number of hydrogen-bond acceptors (Lipinski definition) is 3. The summed E-state index contributed by atoms with van der Waals surface area (Å²) < 4.78 is 15.3. The lowest BCUT2D eigenvalue weighted by Gasteiger charge is -2.08. The van der Waals surface area contributed by atoms with E-state index in [1.807, 2.05) is 6.92 Å². The van der Waals surface area contributed by atoms with E-state index in [0.717, 1.165) is 6.42 Å². The first-order valence-electron chi connectivity index (χ1n) is 5.68. The summed E-state index contributed by atoms with van der Waals surface area (Å²) in [5.74, 6) is -1.56. The predicted octanol–water partition coefficient (Wildman–Crippen LogP) is 2.82. The standard InChI is InChI=1S/C12H11BrFN3O2/c1-2-3-9-11(12(18)19)15-16-17(9)10-6-7(14)4-5-8(10)13/h4-6H,2-3H2,1H3,(H,18,19). The van der Waals surface area contributed by atoms with E-state index in [9.17, 15) is 9.18 Å². The van der Waals surface area contributed by atoms with Crippen LogP contribution in [0.5, 0.6) is 0 Å². The van der Waals surface area contributed by atoms with Crippen molar-refractivity contribution in [2.75, 3.05) is 0 Å². The number of nitrogens with zero attached hydrogens (tertiary/aromatic N) is 3. The normalized spacial score (nSPS) is 10.7. The van der Waals surface area contributed by atoms with Gasteiger partial charge in [-0.1, -0.05) is 18.6 Å². The number of carboxylic acid groups (broad SMARTS) is 1. The van der Waals surface area contributed by atoms with E-state index in [-0.39, 0.29) is 5.69 Å². The van der Waals surface area contributed by atoms with E-state index in [2.05, 4.69) is 26.2 Å². The van der Waals surface area contributed by atoms with Crippen molar-refractivity contribution < 1.29 is 14.3 Å². The second kappa shape index (κ2) is 5.48. The van der Waals surface area contributed by atoms with Crippen molar-refractivity contribution in [1.29, 1.82) is 0 Å². The van der Waals surface area contributed by atoms with Crippen LogP contribution in [0.25, 0.3) is 5.69 Å². The van der Waals surface area contributed by atoms with Crippen LogP contribution in [0.15, 0.2) is 22.7 Å². The number of rotatable bonds is 4. The molecule has 0 fully saturated rings. The third-order valence-electron chi connectivity index (χ3n) is 2.59. The van der Waals surface area contributed by atoms with Gasteiger partial charge in [-0.25, -0.2) is 13.9 Å². The molecular weight excluding hydrogens is 317 g/mol. The van der Waals surface area contributed by atoms with Crippen molar-refractivity contribution in [3.8, 4) is 5.69 Å². The van der Waals surface area contributed by atoms with Gasteiger partial charge in [-0.3, -0.25) is 0 Å². The lowest BCUT2D eigenvalue weighted by molar-refractivity contribution is 0.0689. The van der Waals surface area contributed by atoms with E-state index in [0.29, 0.717) is 22.3 Å². The third-order valence-corrected chi connectivity index (χ3v) is 3.26. The highest BCUT2D eigenvalue weighted by Gasteiger charge is 2.20. The van der Waals surface area contributed by atoms with Gasteiger partial charge in [-0.15, -0.1) is 5.10 Å². The van der Waals surface area contributed by atoms with Crippen molar-refractivity contribution in [3.63, 3.8) is 0 Å². The summed E-state index contributed by atoms with van der Waals surface area (Å²) in [4.78, 5) is 11.1. The second-order valence-corrected chi connectivity index (χ2v) is 4.80. The quantitative estimate of drug-likeness (QED) is 0.937. The smallest absolute Gasteiger partial charge is 0.358 e. The van der Waals surface area contributed by atoms with Crippen molar-refractivity contribution in [2.24, 2.45) is 0 Å². The number of benzene rings is 1. The van der Waals surface area contributed by atoms with Gasteiger partial charge in [0.05, 0.1) is 11.4 Å². The van der Waals surface area contributed by atoms with Crippen molar-refractivity contribution in [2.45, 2.75) is 19.8 Å². The minimum Gasteiger partial charge on any atom is -0.476 e. The average molecular weight is 328 g/mol. The van der Waals surface area contributed by atoms with E-state index >= 15 is 0 Å². The Bertz CT molecular complexity index is 627. The van der Waals surface area contributed by atoms with Crippen LogP contribution in [-0.4, -0.2) is 26.1 Å². The molecule has 1 heterocycles. The van der Waals surface area contributed by atoms with Gasteiger partial charge in [0.25, 0.3) is 0 Å². The van der Waals surface area contributed by atoms with Gasteiger partial charge in [0.1, 0.15) is 5.82 Å². The highest BCUT2D eigenvalue weighted by atomic mass is 79.9. The molecule has 0 atom stereocenters. The van der Waals surface area contributed by atoms with E-state index < -0.39 is 11.8 Å². The maximum atomic E-state index is 13.3. The number of aromatic carboxylic acids is 1. The average Bonchev–Trinajstić information content (AvgIpc) is 2.76. The molecule has 0 spiro atoms. The first-order chi connectivity index (χ1) is 9.04. The fourth-order valence-corrected chi connectivity index (χ4v) is 2.19. The minimum absolute atomic E-state index is 0.0991. The molecule has 0 saturated heterocycles. The van der Waals surface area contributed by atoms with Crippen LogP contribution in [0.3, 0.4) is 0 Å². The summed E-state index contributed by atoms with van der Waals surface area (Å²) in [5, 5.41) is 16.5. The van der Waals surface area contributed by atoms with Gasteiger partial charge >= 0.3 is 5.97 Å². The predicted molar refractivity (Wildman–Crippen MR) is 70.0 cm³/mol. The summed E-state index contributed by atoms with van der Waals surface area (Å²) in [5.41, 5.74) is 0.794. The van der Waals surface area contributed by atoms with Crippen LogP contribution in [0.1, 0.15) is 29.5 Å². The molecular formula is C12H11BrFN3O2. The lowest BCUT2D eigenvalue weighted by atomic mass is 10.2. The Hall–Kier alpha value is -1.76. The molecule has 0 aliphatic heterocycles. The second-order valence-electron chi connectivity index (χ2n) is 3.95. The highest BCUT2D eigenvalue weighted by molar-refractivity contribution is 9.10. The monoisotopic (exact) mass is 327 g/mol. The Balaban J connectivity index is 2.61. The summed E-state index contributed by atoms with van der Waals surface area (Å²) in [7, 11) is 0. The van der Waals surface area contributed by atoms with Crippen LogP contribution in [-0.2, 0) is 6.42 Å². The zero-order valence-electron chi connectivity index (χ0n) is 10.1. The maximum Gasteiger partial charge on any atom is 0.358 e. The molecule has 1 aromatic carbocycles. The van der Waals surface area contributed by atoms with Gasteiger partial charge < -0.3 is 5.11 Å². The van der Waals surface area contributed by atoms with Crippen LogP contribution >= 0.6 is 15.9 Å². The van der Waals surface area contributed by atoms with Gasteiger partial charge in [0.2, 0.25) is 0 Å². The summed E-state index contributed by atoms with van der Waals surface area (Å²) >= 11 is 3.30. The highest BCUT2D eigenvalue weighted by Crippen LogP contribution is 2.24. The molecule has 1 N–H and O–H groups in total. The van der Waals surface area contributed by atoms with Gasteiger partial charge in [0.15, 0.2) is 5.69 Å². The van der Waals surface area contributed by atoms with Gasteiger partial charge in [-0.05, 0) is 34.5 Å². The molecule has 7 heteroatoms. The third kappa shape index (κ3) is 2.65. The fourth-order valence-electron chi connectivity index (χ4n) is 1.77. The first-order valence-corrected chi connectivity index (χ1v) is 6.47. The van der Waals surface area contributed by atoms with Crippen LogP contribution < -0.4 is 0 Å². The Morgan fingerprint density at radius 1 is 1.53 bits per heavy atom. The zero-order chi connectivity index (χ0) is 14.0. The Labute approximate surface area is 117 Å². The maximum absolute atomic E-state index is 13.3. The van der Waals surface area contributed by atoms with Crippen molar-refractivity contribution in [1.82, 2.24) is 15.0 Å². The van der Waals surface area contributed by atoms with Crippen molar-refractivity contribution in [3.05, 3.63) is 39.9 Å².